The first kappa shape index (κ1) is 31.7. The number of ether oxygens (including phenoxy) is 2. The third-order valence-corrected chi connectivity index (χ3v) is 9.30. The van der Waals surface area contributed by atoms with Crippen molar-refractivity contribution in [1.82, 2.24) is 25.2 Å². The van der Waals surface area contributed by atoms with Crippen LogP contribution in [0, 0.1) is 5.82 Å². The minimum absolute atomic E-state index is 0.0830. The second kappa shape index (κ2) is 12.2. The number of halogens is 6. The smallest absolute Gasteiger partial charge is 0.418 e. The Balaban J connectivity index is 1.55. The Morgan fingerprint density at radius 1 is 1.24 bits per heavy atom. The first-order valence-corrected chi connectivity index (χ1v) is 15.4. The molecule has 3 N–H and O–H groups in total. The van der Waals surface area contributed by atoms with Crippen molar-refractivity contribution in [2.75, 3.05) is 57.1 Å². The predicted molar refractivity (Wildman–Crippen MR) is 161 cm³/mol. The molecule has 15 heteroatoms. The van der Waals surface area contributed by atoms with Crippen LogP contribution in [0.25, 0.3) is 22.2 Å². The maximum atomic E-state index is 16.7. The van der Waals surface area contributed by atoms with Gasteiger partial charge in [0.1, 0.15) is 35.2 Å². The lowest BCUT2D eigenvalue weighted by Crippen LogP contribution is -2.43. The van der Waals surface area contributed by atoms with Gasteiger partial charge in [0.25, 0.3) is 0 Å². The molecule has 5 heterocycles. The fourth-order valence-electron chi connectivity index (χ4n) is 6.85. The first-order chi connectivity index (χ1) is 21.4. The first-order valence-electron chi connectivity index (χ1n) is 15.1. The van der Waals surface area contributed by atoms with Crippen LogP contribution in [0.3, 0.4) is 0 Å². The van der Waals surface area contributed by atoms with Crippen molar-refractivity contribution >= 4 is 34.0 Å². The highest BCUT2D eigenvalue weighted by Crippen LogP contribution is 2.46. The molecule has 0 aliphatic carbocycles. The molecule has 3 atom stereocenters. The maximum Gasteiger partial charge on any atom is 0.418 e. The topological polar surface area (TPSA) is 102 Å². The molecule has 0 bridgehead atoms. The van der Waals surface area contributed by atoms with Crippen LogP contribution in [0.5, 0.6) is 11.9 Å². The van der Waals surface area contributed by atoms with E-state index in [1.54, 1.807) is 0 Å². The largest absolute Gasteiger partial charge is 0.477 e. The van der Waals surface area contributed by atoms with E-state index in [0.29, 0.717) is 38.3 Å². The lowest BCUT2D eigenvalue weighted by molar-refractivity contribution is -0.137. The summed E-state index contributed by atoms with van der Waals surface area (Å²) in [7, 11) is 1.84. The van der Waals surface area contributed by atoms with Gasteiger partial charge in [0.05, 0.1) is 22.7 Å². The molecule has 3 aromatic rings. The lowest BCUT2D eigenvalue weighted by Gasteiger charge is -2.34. The zero-order valence-corrected chi connectivity index (χ0v) is 25.7. The molecule has 45 heavy (non-hydrogen) atoms. The minimum atomic E-state index is -4.94. The lowest BCUT2D eigenvalue weighted by atomic mass is 9.95. The number of nitrogens with zero attached hydrogens (tertiary/aromatic N) is 5. The van der Waals surface area contributed by atoms with Gasteiger partial charge in [-0.25, -0.2) is 13.8 Å². The van der Waals surface area contributed by atoms with E-state index in [-0.39, 0.29) is 47.7 Å². The van der Waals surface area contributed by atoms with Gasteiger partial charge >= 0.3 is 12.2 Å². The maximum absolute atomic E-state index is 16.7. The number of nitrogens with one attached hydrogen (secondary N) is 1. The van der Waals surface area contributed by atoms with E-state index in [4.69, 9.17) is 31.8 Å². The summed E-state index contributed by atoms with van der Waals surface area (Å²) in [5, 5.41) is 2.54. The van der Waals surface area contributed by atoms with Gasteiger partial charge < -0.3 is 25.4 Å². The van der Waals surface area contributed by atoms with Gasteiger partial charge in [0, 0.05) is 43.2 Å². The number of nitrogen functional groups attached to an aromatic ring is 1. The zero-order valence-electron chi connectivity index (χ0n) is 25.0. The van der Waals surface area contributed by atoms with Crippen molar-refractivity contribution in [3.05, 3.63) is 28.5 Å². The van der Waals surface area contributed by atoms with Crippen molar-refractivity contribution in [2.45, 2.75) is 63.0 Å². The molecule has 0 unspecified atom stereocenters. The summed E-state index contributed by atoms with van der Waals surface area (Å²) in [6.45, 7) is 4.54. The number of nitrogens with two attached hydrogens (primary N) is 1. The van der Waals surface area contributed by atoms with E-state index in [2.05, 4.69) is 20.2 Å². The summed E-state index contributed by atoms with van der Waals surface area (Å²) in [6.07, 6.45) is -2.74. The molecule has 2 aromatic heterocycles. The van der Waals surface area contributed by atoms with Crippen LogP contribution in [0.2, 0.25) is 5.02 Å². The number of aromatic nitrogens is 3. The highest BCUT2D eigenvalue weighted by atomic mass is 35.5. The highest BCUT2D eigenvalue weighted by molar-refractivity contribution is 6.32. The van der Waals surface area contributed by atoms with Gasteiger partial charge in [-0.1, -0.05) is 11.6 Å². The van der Waals surface area contributed by atoms with Gasteiger partial charge in [-0.3, -0.25) is 4.90 Å². The second-order valence-electron chi connectivity index (χ2n) is 12.1. The number of hydrogen-bond acceptors (Lipinski definition) is 9. The Bertz CT molecular complexity index is 1600. The van der Waals surface area contributed by atoms with Crippen LogP contribution >= 0.6 is 11.6 Å². The van der Waals surface area contributed by atoms with Crippen LogP contribution in [-0.4, -0.2) is 84.0 Å². The Hall–Kier alpha value is -3.23. The Morgan fingerprint density at radius 3 is 2.80 bits per heavy atom. The quantitative estimate of drug-likeness (QED) is 0.182. The number of hydrogen-bond donors (Lipinski definition) is 2. The fourth-order valence-corrected chi connectivity index (χ4v) is 7.19. The van der Waals surface area contributed by atoms with Crippen molar-refractivity contribution in [2.24, 2.45) is 0 Å². The molecule has 0 saturated carbocycles. The van der Waals surface area contributed by atoms with Crippen LogP contribution < -0.4 is 25.4 Å². The average molecular weight is 656 g/mol. The summed E-state index contributed by atoms with van der Waals surface area (Å²) in [6, 6.07) is 1.67. The molecule has 244 valence electrons. The summed E-state index contributed by atoms with van der Waals surface area (Å²) in [5.41, 5.74) is 2.33. The molecule has 0 radical (unpaired) electrons. The van der Waals surface area contributed by atoms with E-state index in [1.807, 2.05) is 18.9 Å². The Morgan fingerprint density at radius 2 is 2.04 bits per heavy atom. The molecular formula is C30H35ClF5N7O2. The SMILES string of the molecule is CNCCCN1c2nc(OC[C@@]34CCCN3C[C@H](F)C4)nc3c(F)c(-c4cc(N)cc(Cl)c4C(F)(F)F)nc(c23)OCC[C@H]1C. The van der Waals surface area contributed by atoms with Crippen LogP contribution in [0.4, 0.5) is 33.5 Å². The van der Waals surface area contributed by atoms with Crippen LogP contribution in [0.1, 0.15) is 44.6 Å². The third-order valence-electron chi connectivity index (χ3n) is 9.00. The monoisotopic (exact) mass is 655 g/mol. The highest BCUT2D eigenvalue weighted by Gasteiger charge is 2.49. The number of pyridine rings is 1. The van der Waals surface area contributed by atoms with Gasteiger partial charge in [-0.15, -0.1) is 0 Å². The van der Waals surface area contributed by atoms with Gasteiger partial charge in [-0.05, 0) is 58.5 Å². The minimum Gasteiger partial charge on any atom is -0.477 e. The van der Waals surface area contributed by atoms with Gasteiger partial charge in [0.15, 0.2) is 5.82 Å². The van der Waals surface area contributed by atoms with E-state index in [0.717, 1.165) is 37.9 Å². The summed E-state index contributed by atoms with van der Waals surface area (Å²) < 4.78 is 85.9. The molecule has 2 saturated heterocycles. The van der Waals surface area contributed by atoms with Crippen LogP contribution in [0.15, 0.2) is 12.1 Å². The van der Waals surface area contributed by atoms with E-state index >= 15 is 4.39 Å². The molecule has 1 aromatic carbocycles. The standard InChI is InChI=1S/C30H35ClF5N7O2/c1-16-5-10-44-27-21-25(23(33)24(39-27)19-11-18(37)12-20(31)22(19)30(34,35)36)40-28(41-26(21)43(16)9-4-7-38-2)45-15-29-6-3-8-42(29)14-17(32)13-29/h11-12,16-17,38H,3-10,13-15,37H2,1-2H3/t16-,17-,29+/m1/s1. The number of alkyl halides is 4. The number of anilines is 2. The van der Waals surface area contributed by atoms with Crippen molar-refractivity contribution in [3.63, 3.8) is 0 Å². The average Bonchev–Trinajstić information content (AvgIpc) is 3.49. The fraction of sp³-hybridized carbons (Fsp3) is 0.567. The molecule has 6 rings (SSSR count). The van der Waals surface area contributed by atoms with Crippen molar-refractivity contribution in [3.8, 4) is 23.1 Å². The van der Waals surface area contributed by atoms with Gasteiger partial charge in [0.2, 0.25) is 5.88 Å². The predicted octanol–water partition coefficient (Wildman–Crippen LogP) is 5.63. The summed E-state index contributed by atoms with van der Waals surface area (Å²) >= 11 is 6.01. The zero-order chi connectivity index (χ0) is 32.1. The van der Waals surface area contributed by atoms with E-state index < -0.39 is 45.5 Å². The van der Waals surface area contributed by atoms with Gasteiger partial charge in [-0.2, -0.15) is 23.1 Å². The summed E-state index contributed by atoms with van der Waals surface area (Å²) in [4.78, 5) is 17.5. The van der Waals surface area contributed by atoms with E-state index in [9.17, 15) is 17.6 Å². The molecular weight excluding hydrogens is 621 g/mol. The van der Waals surface area contributed by atoms with Crippen molar-refractivity contribution < 1.29 is 31.4 Å². The Labute approximate surface area is 262 Å². The molecule has 0 spiro atoms. The van der Waals surface area contributed by atoms with E-state index in [1.165, 1.54) is 0 Å². The number of fused-ring (bicyclic) bond motifs is 1. The number of benzene rings is 1. The third kappa shape index (κ3) is 5.92. The normalized spacial score (nSPS) is 23.6. The Kier molecular flexibility index (Phi) is 8.59. The second-order valence-corrected chi connectivity index (χ2v) is 12.5. The van der Waals surface area contributed by atoms with Crippen molar-refractivity contribution in [1.29, 1.82) is 0 Å². The molecule has 2 fully saturated rings. The van der Waals surface area contributed by atoms with Crippen LogP contribution in [-0.2, 0) is 6.18 Å². The number of rotatable bonds is 8. The molecule has 9 nitrogen and oxygen atoms in total. The summed E-state index contributed by atoms with van der Waals surface area (Å²) in [5.74, 6) is -0.952. The molecule has 0 amide bonds. The molecule has 3 aliphatic heterocycles. The molecule has 3 aliphatic rings.